The van der Waals surface area contributed by atoms with Crippen molar-refractivity contribution in [2.45, 2.75) is 17.4 Å². The van der Waals surface area contributed by atoms with Gasteiger partial charge in [-0.05, 0) is 24.6 Å². The van der Waals surface area contributed by atoms with Crippen LogP contribution in [0.2, 0.25) is 0 Å². The Bertz CT molecular complexity index is 702. The maximum absolute atomic E-state index is 12.4. The monoisotopic (exact) mass is 307 g/mol. The molecule has 0 fully saturated rings. The van der Waals surface area contributed by atoms with Crippen molar-refractivity contribution in [1.29, 1.82) is 0 Å². The lowest BCUT2D eigenvalue weighted by atomic mass is 9.94. The molecule has 6 nitrogen and oxygen atoms in total. The van der Waals surface area contributed by atoms with Crippen molar-refractivity contribution >= 4 is 15.8 Å². The molecular formula is C14H17N3O3S. The number of benzene rings is 1. The minimum atomic E-state index is -3.82. The molecule has 0 aliphatic rings. The molecule has 4 N–H and O–H groups in total. The number of nitrogens with zero attached hydrogens (tertiary/aromatic N) is 1. The molecule has 1 aromatic carbocycles. The molecule has 0 amide bonds. The van der Waals surface area contributed by atoms with Crippen LogP contribution in [-0.4, -0.2) is 25.1 Å². The third-order valence-electron chi connectivity index (χ3n) is 3.16. The smallest absolute Gasteiger partial charge is 0.242 e. The zero-order chi connectivity index (χ0) is 15.5. The van der Waals surface area contributed by atoms with E-state index in [1.165, 1.54) is 18.3 Å². The molecule has 2 rings (SSSR count). The molecule has 1 heterocycles. The van der Waals surface area contributed by atoms with Crippen molar-refractivity contribution in [3.63, 3.8) is 0 Å². The maximum Gasteiger partial charge on any atom is 0.242 e. The van der Waals surface area contributed by atoms with Crippen LogP contribution in [0.4, 0.5) is 5.82 Å². The Hall–Kier alpha value is -1.96. The number of anilines is 1. The van der Waals surface area contributed by atoms with Crippen LogP contribution in [0, 0.1) is 0 Å². The summed E-state index contributed by atoms with van der Waals surface area (Å²) in [5.41, 5.74) is 4.99. The van der Waals surface area contributed by atoms with E-state index >= 15 is 0 Å². The average Bonchev–Trinajstić information content (AvgIpc) is 2.48. The number of nitrogens with two attached hydrogens (primary N) is 1. The highest BCUT2D eigenvalue weighted by molar-refractivity contribution is 7.89. The molecular weight excluding hydrogens is 290 g/mol. The normalized spacial score (nSPS) is 14.6. The van der Waals surface area contributed by atoms with Gasteiger partial charge in [0.15, 0.2) is 0 Å². The second-order valence-electron chi connectivity index (χ2n) is 4.88. The van der Waals surface area contributed by atoms with E-state index < -0.39 is 15.6 Å². The summed E-state index contributed by atoms with van der Waals surface area (Å²) in [6, 6.07) is 11.7. The summed E-state index contributed by atoms with van der Waals surface area (Å²) in [7, 11) is -3.82. The zero-order valence-corrected chi connectivity index (χ0v) is 12.3. The molecule has 0 spiro atoms. The summed E-state index contributed by atoms with van der Waals surface area (Å²) in [5.74, 6) is 0.238. The molecule has 0 saturated carbocycles. The van der Waals surface area contributed by atoms with Gasteiger partial charge in [-0.15, -0.1) is 0 Å². The lowest BCUT2D eigenvalue weighted by Crippen LogP contribution is -2.46. The number of hydrogen-bond donors (Lipinski definition) is 3. The minimum absolute atomic E-state index is 0.00712. The summed E-state index contributed by atoms with van der Waals surface area (Å²) >= 11 is 0. The summed E-state index contributed by atoms with van der Waals surface area (Å²) in [4.78, 5) is 3.76. The number of rotatable bonds is 5. The Morgan fingerprint density at radius 3 is 2.43 bits per heavy atom. The van der Waals surface area contributed by atoms with Gasteiger partial charge in [-0.2, -0.15) is 4.72 Å². The SMILES string of the molecule is CC(CO)(NS(=O)(=O)c1ccc(N)nc1)c1ccccc1. The highest BCUT2D eigenvalue weighted by atomic mass is 32.2. The van der Waals surface area contributed by atoms with Crippen molar-refractivity contribution in [3.8, 4) is 0 Å². The van der Waals surface area contributed by atoms with Crippen LogP contribution in [0.3, 0.4) is 0 Å². The number of hydrogen-bond acceptors (Lipinski definition) is 5. The first-order valence-electron chi connectivity index (χ1n) is 6.29. The predicted molar refractivity (Wildman–Crippen MR) is 79.9 cm³/mol. The number of aliphatic hydroxyl groups is 1. The second kappa shape index (κ2) is 5.80. The molecule has 21 heavy (non-hydrogen) atoms. The van der Waals surface area contributed by atoms with E-state index in [1.807, 2.05) is 6.07 Å². The molecule has 7 heteroatoms. The van der Waals surface area contributed by atoms with Crippen molar-refractivity contribution in [2.24, 2.45) is 0 Å². The van der Waals surface area contributed by atoms with Crippen LogP contribution in [-0.2, 0) is 15.6 Å². The minimum Gasteiger partial charge on any atom is -0.394 e. The summed E-state index contributed by atoms with van der Waals surface area (Å²) < 4.78 is 27.3. The summed E-state index contributed by atoms with van der Waals surface area (Å²) in [5, 5.41) is 9.63. The van der Waals surface area contributed by atoms with E-state index in [2.05, 4.69) is 9.71 Å². The van der Waals surface area contributed by atoms with Gasteiger partial charge in [0.2, 0.25) is 10.0 Å². The lowest BCUT2D eigenvalue weighted by molar-refractivity contribution is 0.196. The molecule has 2 aromatic rings. The number of sulfonamides is 1. The molecule has 0 radical (unpaired) electrons. The molecule has 1 unspecified atom stereocenters. The molecule has 0 saturated heterocycles. The fourth-order valence-corrected chi connectivity index (χ4v) is 3.23. The first-order chi connectivity index (χ1) is 9.87. The van der Waals surface area contributed by atoms with Crippen molar-refractivity contribution in [1.82, 2.24) is 9.71 Å². The Labute approximate surface area is 123 Å². The Morgan fingerprint density at radius 1 is 1.24 bits per heavy atom. The van der Waals surface area contributed by atoms with Crippen LogP contribution in [0.15, 0.2) is 53.6 Å². The molecule has 1 aromatic heterocycles. The summed E-state index contributed by atoms with van der Waals surface area (Å²) in [6.07, 6.45) is 1.18. The second-order valence-corrected chi connectivity index (χ2v) is 6.56. The Morgan fingerprint density at radius 2 is 1.90 bits per heavy atom. The Kier molecular flexibility index (Phi) is 4.26. The fraction of sp³-hybridized carbons (Fsp3) is 0.214. The van der Waals surface area contributed by atoms with Gasteiger partial charge in [0, 0.05) is 6.20 Å². The van der Waals surface area contributed by atoms with E-state index in [0.717, 1.165) is 0 Å². The third-order valence-corrected chi connectivity index (χ3v) is 4.74. The van der Waals surface area contributed by atoms with E-state index in [0.29, 0.717) is 5.56 Å². The van der Waals surface area contributed by atoms with Crippen LogP contribution in [0.1, 0.15) is 12.5 Å². The highest BCUT2D eigenvalue weighted by Crippen LogP contribution is 2.23. The summed E-state index contributed by atoms with van der Waals surface area (Å²) in [6.45, 7) is 1.24. The maximum atomic E-state index is 12.4. The van der Waals surface area contributed by atoms with E-state index in [9.17, 15) is 13.5 Å². The van der Waals surface area contributed by atoms with Crippen LogP contribution >= 0.6 is 0 Å². The number of aliphatic hydroxyl groups excluding tert-OH is 1. The molecule has 0 bridgehead atoms. The van der Waals surface area contributed by atoms with Gasteiger partial charge in [0.1, 0.15) is 10.7 Å². The average molecular weight is 307 g/mol. The van der Waals surface area contributed by atoms with Gasteiger partial charge >= 0.3 is 0 Å². The van der Waals surface area contributed by atoms with Crippen LogP contribution in [0.25, 0.3) is 0 Å². The molecule has 0 aliphatic heterocycles. The van der Waals surface area contributed by atoms with Gasteiger partial charge in [-0.1, -0.05) is 30.3 Å². The van der Waals surface area contributed by atoms with E-state index in [-0.39, 0.29) is 17.3 Å². The standard InChI is InChI=1S/C14H17N3O3S/c1-14(10-18,11-5-3-2-4-6-11)17-21(19,20)12-7-8-13(15)16-9-12/h2-9,17-18H,10H2,1H3,(H2,15,16). The largest absolute Gasteiger partial charge is 0.394 e. The number of nitrogens with one attached hydrogen (secondary N) is 1. The highest BCUT2D eigenvalue weighted by Gasteiger charge is 2.31. The zero-order valence-electron chi connectivity index (χ0n) is 11.5. The first-order valence-corrected chi connectivity index (χ1v) is 7.78. The predicted octanol–water partition coefficient (Wildman–Crippen LogP) is 0.850. The van der Waals surface area contributed by atoms with Crippen molar-refractivity contribution in [2.75, 3.05) is 12.3 Å². The van der Waals surface area contributed by atoms with Crippen LogP contribution in [0.5, 0.6) is 0 Å². The van der Waals surface area contributed by atoms with Gasteiger partial charge in [-0.3, -0.25) is 0 Å². The van der Waals surface area contributed by atoms with Crippen LogP contribution < -0.4 is 10.5 Å². The lowest BCUT2D eigenvalue weighted by Gasteiger charge is -2.28. The third kappa shape index (κ3) is 3.38. The Balaban J connectivity index is 2.35. The van der Waals surface area contributed by atoms with E-state index in [4.69, 9.17) is 5.73 Å². The van der Waals surface area contributed by atoms with Gasteiger partial charge in [0.05, 0.1) is 12.1 Å². The molecule has 0 aliphatic carbocycles. The quantitative estimate of drug-likeness (QED) is 0.759. The molecule has 1 atom stereocenters. The number of aromatic nitrogens is 1. The number of pyridine rings is 1. The molecule has 112 valence electrons. The fourth-order valence-electron chi connectivity index (χ4n) is 1.89. The van der Waals surface area contributed by atoms with Gasteiger partial charge in [-0.25, -0.2) is 13.4 Å². The topological polar surface area (TPSA) is 105 Å². The van der Waals surface area contributed by atoms with Crippen molar-refractivity contribution in [3.05, 3.63) is 54.2 Å². The first kappa shape index (κ1) is 15.4. The van der Waals surface area contributed by atoms with Gasteiger partial charge in [0.25, 0.3) is 0 Å². The van der Waals surface area contributed by atoms with E-state index in [1.54, 1.807) is 31.2 Å². The number of nitrogen functional groups attached to an aromatic ring is 1. The van der Waals surface area contributed by atoms with Crippen molar-refractivity contribution < 1.29 is 13.5 Å². The van der Waals surface area contributed by atoms with Gasteiger partial charge < -0.3 is 10.8 Å².